The second-order valence-electron chi connectivity index (χ2n) is 5.80. The van der Waals surface area contributed by atoms with Crippen molar-refractivity contribution in [2.24, 2.45) is 0 Å². The summed E-state index contributed by atoms with van der Waals surface area (Å²) >= 11 is 1.33. The Morgan fingerprint density at radius 1 is 1.15 bits per heavy atom. The number of ether oxygens (including phenoxy) is 2. The third-order valence-corrected chi connectivity index (χ3v) is 4.71. The summed E-state index contributed by atoms with van der Waals surface area (Å²) in [5.74, 6) is -0.234. The van der Waals surface area contributed by atoms with E-state index in [1.54, 1.807) is 19.2 Å². The maximum absolute atomic E-state index is 12.1. The minimum absolute atomic E-state index is 0.370. The molecule has 0 aliphatic heterocycles. The third-order valence-electron chi connectivity index (χ3n) is 3.78. The summed E-state index contributed by atoms with van der Waals surface area (Å²) in [5, 5.41) is 3.10. The van der Waals surface area contributed by atoms with Crippen LogP contribution in [0.2, 0.25) is 0 Å². The lowest BCUT2D eigenvalue weighted by atomic mass is 10.1. The molecule has 0 bridgehead atoms. The molecule has 26 heavy (non-hydrogen) atoms. The first kappa shape index (κ1) is 17.9. The number of anilines is 1. The van der Waals surface area contributed by atoms with Gasteiger partial charge in [-0.3, -0.25) is 10.1 Å². The number of rotatable bonds is 5. The second-order valence-corrected chi connectivity index (χ2v) is 6.83. The number of nitrogens with zero attached hydrogens (tertiary/aromatic N) is 1. The Balaban J connectivity index is 1.61. The number of aromatic nitrogens is 1. The standard InChI is InChI=1S/C19H18N2O4S/c1-11-4-6-14(12(2)8-11)18(23)25-10-17(22)21-19-20-15-7-5-13(24-3)9-16(15)26-19/h4-9H,10H2,1-3H3,(H,20,21,22). The summed E-state index contributed by atoms with van der Waals surface area (Å²) in [6.45, 7) is 3.41. The molecule has 0 fully saturated rings. The number of carbonyl (C=O) groups excluding carboxylic acids is 2. The second kappa shape index (κ2) is 7.53. The van der Waals surface area contributed by atoms with E-state index in [1.165, 1.54) is 11.3 Å². The highest BCUT2D eigenvalue weighted by Gasteiger charge is 2.14. The van der Waals surface area contributed by atoms with Gasteiger partial charge in [0.05, 0.1) is 22.9 Å². The number of nitrogens with one attached hydrogen (secondary N) is 1. The predicted molar refractivity (Wildman–Crippen MR) is 101 cm³/mol. The van der Waals surface area contributed by atoms with E-state index in [2.05, 4.69) is 10.3 Å². The molecular weight excluding hydrogens is 352 g/mol. The molecule has 2 aromatic carbocycles. The van der Waals surface area contributed by atoms with Crippen LogP contribution in [-0.2, 0) is 9.53 Å². The number of methoxy groups -OCH3 is 1. The van der Waals surface area contributed by atoms with E-state index < -0.39 is 11.9 Å². The minimum Gasteiger partial charge on any atom is -0.497 e. The van der Waals surface area contributed by atoms with Crippen molar-refractivity contribution in [3.8, 4) is 5.75 Å². The van der Waals surface area contributed by atoms with E-state index in [4.69, 9.17) is 9.47 Å². The Bertz CT molecular complexity index is 981. The smallest absolute Gasteiger partial charge is 0.338 e. The lowest BCUT2D eigenvalue weighted by Crippen LogP contribution is -2.21. The van der Waals surface area contributed by atoms with Gasteiger partial charge in [-0.1, -0.05) is 29.0 Å². The Labute approximate surface area is 154 Å². The fourth-order valence-corrected chi connectivity index (χ4v) is 3.40. The number of benzene rings is 2. The molecule has 6 nitrogen and oxygen atoms in total. The Kier molecular flexibility index (Phi) is 5.18. The SMILES string of the molecule is COc1ccc2nc(NC(=O)COC(=O)c3ccc(C)cc3C)sc2c1. The largest absolute Gasteiger partial charge is 0.497 e. The average Bonchev–Trinajstić information content (AvgIpc) is 3.00. The predicted octanol–water partition coefficient (Wildman–Crippen LogP) is 3.72. The molecule has 1 N–H and O–H groups in total. The van der Waals surface area contributed by atoms with Crippen molar-refractivity contribution in [3.05, 3.63) is 53.1 Å². The van der Waals surface area contributed by atoms with Crippen molar-refractivity contribution in [1.29, 1.82) is 0 Å². The molecule has 0 saturated heterocycles. The van der Waals surface area contributed by atoms with Crippen molar-refractivity contribution in [1.82, 2.24) is 4.98 Å². The van der Waals surface area contributed by atoms with Crippen LogP contribution in [0.4, 0.5) is 5.13 Å². The first-order valence-electron chi connectivity index (χ1n) is 7.95. The number of carbonyl (C=O) groups is 2. The molecule has 3 aromatic rings. The zero-order valence-corrected chi connectivity index (χ0v) is 15.5. The van der Waals surface area contributed by atoms with Crippen LogP contribution in [0.5, 0.6) is 5.75 Å². The molecule has 0 aliphatic rings. The van der Waals surface area contributed by atoms with Crippen LogP contribution in [0.25, 0.3) is 10.2 Å². The number of esters is 1. The third kappa shape index (κ3) is 4.00. The highest BCUT2D eigenvalue weighted by Crippen LogP contribution is 2.29. The maximum atomic E-state index is 12.1. The normalized spacial score (nSPS) is 10.6. The van der Waals surface area contributed by atoms with Gasteiger partial charge in [0.1, 0.15) is 5.75 Å². The Morgan fingerprint density at radius 3 is 2.69 bits per heavy atom. The van der Waals surface area contributed by atoms with Gasteiger partial charge < -0.3 is 9.47 Å². The molecule has 0 atom stereocenters. The quantitative estimate of drug-likeness (QED) is 0.693. The summed E-state index contributed by atoms with van der Waals surface area (Å²) in [4.78, 5) is 28.5. The minimum atomic E-state index is -0.522. The van der Waals surface area contributed by atoms with E-state index in [9.17, 15) is 9.59 Å². The summed E-state index contributed by atoms with van der Waals surface area (Å²) in [7, 11) is 1.59. The van der Waals surface area contributed by atoms with Crippen molar-refractivity contribution in [2.75, 3.05) is 19.0 Å². The maximum Gasteiger partial charge on any atom is 0.338 e. The number of fused-ring (bicyclic) bond motifs is 1. The van der Waals surface area contributed by atoms with Crippen molar-refractivity contribution >= 4 is 38.6 Å². The van der Waals surface area contributed by atoms with Crippen molar-refractivity contribution < 1.29 is 19.1 Å². The number of thiazole rings is 1. The van der Waals surface area contributed by atoms with Crippen LogP contribution in [-0.4, -0.2) is 30.6 Å². The van der Waals surface area contributed by atoms with Gasteiger partial charge in [-0.2, -0.15) is 0 Å². The first-order chi connectivity index (χ1) is 12.5. The molecule has 7 heteroatoms. The van der Waals surface area contributed by atoms with E-state index in [0.29, 0.717) is 10.7 Å². The summed E-state index contributed by atoms with van der Waals surface area (Å²) in [5.41, 5.74) is 3.09. The van der Waals surface area contributed by atoms with E-state index in [-0.39, 0.29) is 6.61 Å². The summed E-state index contributed by atoms with van der Waals surface area (Å²) in [6.07, 6.45) is 0. The fraction of sp³-hybridized carbons (Fsp3) is 0.211. The molecular formula is C19H18N2O4S. The van der Waals surface area contributed by atoms with Crippen LogP contribution >= 0.6 is 11.3 Å². The van der Waals surface area contributed by atoms with Gasteiger partial charge >= 0.3 is 5.97 Å². The first-order valence-corrected chi connectivity index (χ1v) is 8.76. The van der Waals surface area contributed by atoms with Crippen LogP contribution in [0.3, 0.4) is 0 Å². The molecule has 134 valence electrons. The number of hydrogen-bond acceptors (Lipinski definition) is 6. The highest BCUT2D eigenvalue weighted by atomic mass is 32.1. The Hall–Kier alpha value is -2.93. The van der Waals surface area contributed by atoms with Crippen LogP contribution < -0.4 is 10.1 Å². The van der Waals surface area contributed by atoms with Crippen molar-refractivity contribution in [2.45, 2.75) is 13.8 Å². The summed E-state index contributed by atoms with van der Waals surface area (Å²) in [6, 6.07) is 10.9. The van der Waals surface area contributed by atoms with Gasteiger partial charge in [0.2, 0.25) is 0 Å². The molecule has 0 spiro atoms. The van der Waals surface area contributed by atoms with Gasteiger partial charge in [0, 0.05) is 0 Å². The molecule has 1 aromatic heterocycles. The van der Waals surface area contributed by atoms with Gasteiger partial charge in [0.25, 0.3) is 5.91 Å². The van der Waals surface area contributed by atoms with Crippen molar-refractivity contribution in [3.63, 3.8) is 0 Å². The zero-order valence-electron chi connectivity index (χ0n) is 14.7. The fourth-order valence-electron chi connectivity index (χ4n) is 2.49. The summed E-state index contributed by atoms with van der Waals surface area (Å²) < 4.78 is 11.2. The zero-order chi connectivity index (χ0) is 18.7. The molecule has 1 amide bonds. The average molecular weight is 370 g/mol. The molecule has 3 rings (SSSR count). The van der Waals surface area contributed by atoms with Crippen LogP contribution in [0, 0.1) is 13.8 Å². The van der Waals surface area contributed by atoms with Gasteiger partial charge in [-0.05, 0) is 43.7 Å². The van der Waals surface area contributed by atoms with Gasteiger partial charge in [0.15, 0.2) is 11.7 Å². The number of amides is 1. The molecule has 0 aliphatic carbocycles. The Morgan fingerprint density at radius 2 is 1.96 bits per heavy atom. The van der Waals surface area contributed by atoms with E-state index in [0.717, 1.165) is 27.1 Å². The van der Waals surface area contributed by atoms with Crippen LogP contribution in [0.1, 0.15) is 21.5 Å². The van der Waals surface area contributed by atoms with Gasteiger partial charge in [-0.25, -0.2) is 9.78 Å². The number of aryl methyl sites for hydroxylation is 2. The van der Waals surface area contributed by atoms with E-state index in [1.807, 2.05) is 38.1 Å². The molecule has 0 saturated carbocycles. The molecule has 0 unspecified atom stereocenters. The monoisotopic (exact) mass is 370 g/mol. The molecule has 1 heterocycles. The molecule has 0 radical (unpaired) electrons. The topological polar surface area (TPSA) is 77.5 Å². The number of hydrogen-bond donors (Lipinski definition) is 1. The van der Waals surface area contributed by atoms with Gasteiger partial charge in [-0.15, -0.1) is 0 Å². The van der Waals surface area contributed by atoms with Crippen LogP contribution in [0.15, 0.2) is 36.4 Å². The van der Waals surface area contributed by atoms with E-state index >= 15 is 0 Å². The lowest BCUT2D eigenvalue weighted by Gasteiger charge is -2.07. The highest BCUT2D eigenvalue weighted by molar-refractivity contribution is 7.22. The lowest BCUT2D eigenvalue weighted by molar-refractivity contribution is -0.119.